The molecule has 0 saturated carbocycles. The molecule has 1 amide bonds. The molecule has 2 N–H and O–H groups in total. The molecule has 198 valence electrons. The fourth-order valence-corrected chi connectivity index (χ4v) is 4.61. The highest BCUT2D eigenvalue weighted by Crippen LogP contribution is 2.23. The summed E-state index contributed by atoms with van der Waals surface area (Å²) in [6.07, 6.45) is 3.51. The van der Waals surface area contributed by atoms with Gasteiger partial charge in [-0.25, -0.2) is 14.4 Å². The maximum atomic E-state index is 13.4. The number of nitrogens with one attached hydrogen (secondary N) is 2. The molecule has 3 aromatic carbocycles. The first-order valence-corrected chi connectivity index (χ1v) is 12.9. The quantitative estimate of drug-likeness (QED) is 0.305. The molecular weight excluding hydrogens is 507 g/mol. The topological polar surface area (TPSA) is 100 Å². The molecule has 8 nitrogen and oxygen atoms in total. The number of ketones is 1. The molecule has 0 radical (unpaired) electrons. The Kier molecular flexibility index (Phi) is 6.95. The lowest BCUT2D eigenvalue weighted by Gasteiger charge is -2.28. The number of carbonyl (C=O) groups excluding carboxylic acids is 2. The molecule has 0 unspecified atom stereocenters. The number of hydrogen-bond donors (Lipinski definition) is 2. The van der Waals surface area contributed by atoms with Crippen molar-refractivity contribution in [3.8, 4) is 11.3 Å². The second kappa shape index (κ2) is 11.0. The van der Waals surface area contributed by atoms with Crippen LogP contribution in [0.25, 0.3) is 22.3 Å². The number of benzene rings is 3. The first kappa shape index (κ1) is 25.3. The Morgan fingerprint density at radius 2 is 1.60 bits per heavy atom. The number of piperazine rings is 1. The molecule has 3 heterocycles. The Balaban J connectivity index is 1.18. The molecule has 2 aromatic heterocycles. The summed E-state index contributed by atoms with van der Waals surface area (Å²) in [7, 11) is 0. The van der Waals surface area contributed by atoms with Gasteiger partial charge in [0.25, 0.3) is 5.91 Å². The van der Waals surface area contributed by atoms with Crippen molar-refractivity contribution in [3.05, 3.63) is 114 Å². The maximum absolute atomic E-state index is 13.4. The molecule has 5 aromatic rings. The van der Waals surface area contributed by atoms with Gasteiger partial charge in [0, 0.05) is 60.3 Å². The molecule has 9 heteroatoms. The van der Waals surface area contributed by atoms with E-state index in [1.807, 2.05) is 12.1 Å². The number of pyridine rings is 1. The van der Waals surface area contributed by atoms with Gasteiger partial charge in [0.2, 0.25) is 0 Å². The van der Waals surface area contributed by atoms with Crippen molar-refractivity contribution in [3.63, 3.8) is 0 Å². The number of aromatic nitrogens is 3. The number of amides is 1. The molecule has 0 aliphatic carbocycles. The Morgan fingerprint density at radius 1 is 0.800 bits per heavy atom. The molecule has 0 atom stereocenters. The van der Waals surface area contributed by atoms with Gasteiger partial charge in [-0.3, -0.25) is 14.6 Å². The third-order valence-corrected chi connectivity index (χ3v) is 6.78. The number of fused-ring (bicyclic) bond motifs is 1. The van der Waals surface area contributed by atoms with Crippen LogP contribution >= 0.6 is 0 Å². The van der Waals surface area contributed by atoms with E-state index in [0.717, 1.165) is 37.6 Å². The van der Waals surface area contributed by atoms with Crippen molar-refractivity contribution in [1.82, 2.24) is 20.3 Å². The summed E-state index contributed by atoms with van der Waals surface area (Å²) in [5.41, 5.74) is 4.45. The van der Waals surface area contributed by atoms with Crippen molar-refractivity contribution < 1.29 is 14.0 Å². The summed E-state index contributed by atoms with van der Waals surface area (Å²) in [6.45, 7) is 3.73. The van der Waals surface area contributed by atoms with Crippen LogP contribution in [0.4, 0.5) is 15.9 Å². The van der Waals surface area contributed by atoms with Gasteiger partial charge in [0.15, 0.2) is 5.78 Å². The van der Waals surface area contributed by atoms with Gasteiger partial charge in [0.1, 0.15) is 11.6 Å². The van der Waals surface area contributed by atoms with Gasteiger partial charge in [-0.2, -0.15) is 0 Å². The zero-order valence-corrected chi connectivity index (χ0v) is 21.5. The van der Waals surface area contributed by atoms with Crippen LogP contribution in [0.1, 0.15) is 26.3 Å². The molecule has 1 saturated heterocycles. The summed E-state index contributed by atoms with van der Waals surface area (Å²) >= 11 is 0. The third-order valence-electron chi connectivity index (χ3n) is 6.78. The summed E-state index contributed by atoms with van der Waals surface area (Å²) in [6, 6.07) is 21.2. The molecule has 0 bridgehead atoms. The summed E-state index contributed by atoms with van der Waals surface area (Å²) < 4.78 is 13.4. The minimum Gasteiger partial charge on any atom is -0.354 e. The lowest BCUT2D eigenvalue weighted by atomic mass is 10.0. The molecule has 1 fully saturated rings. The van der Waals surface area contributed by atoms with E-state index < -0.39 is 11.7 Å². The van der Waals surface area contributed by atoms with Gasteiger partial charge < -0.3 is 15.5 Å². The van der Waals surface area contributed by atoms with Crippen LogP contribution in [0, 0.1) is 5.82 Å². The minimum absolute atomic E-state index is 0.181. The van der Waals surface area contributed by atoms with Crippen LogP contribution in [-0.4, -0.2) is 52.8 Å². The number of nitrogens with zero attached hydrogens (tertiary/aromatic N) is 4. The molecule has 1 aliphatic rings. The Hall–Kier alpha value is -5.02. The highest BCUT2D eigenvalue weighted by molar-refractivity contribution is 6.11. The predicted molar refractivity (Wildman–Crippen MR) is 152 cm³/mol. The normalized spacial score (nSPS) is 13.3. The van der Waals surface area contributed by atoms with E-state index in [4.69, 9.17) is 4.98 Å². The number of anilines is 2. The standard InChI is InChI=1S/C31H25FN6O2/c32-24-3-1-2-22(16-24)31(40)36-25-8-4-20(5-9-25)30(39)21-6-10-26-27(17-21)37-28(19-34-26)23-7-11-29(35-18-23)38-14-12-33-13-15-38/h1-11,16-19,33H,12-15H2,(H,36,40). The number of rotatable bonds is 6. The van der Waals surface area contributed by atoms with Gasteiger partial charge in [-0.15, -0.1) is 0 Å². The first-order valence-electron chi connectivity index (χ1n) is 12.9. The van der Waals surface area contributed by atoms with Crippen molar-refractivity contribution in [2.24, 2.45) is 0 Å². The van der Waals surface area contributed by atoms with Gasteiger partial charge in [-0.05, 0) is 72.8 Å². The zero-order valence-electron chi connectivity index (χ0n) is 21.5. The number of carbonyl (C=O) groups is 2. The van der Waals surface area contributed by atoms with Crippen molar-refractivity contribution in [2.75, 3.05) is 36.4 Å². The lowest BCUT2D eigenvalue weighted by Crippen LogP contribution is -2.43. The minimum atomic E-state index is -0.485. The van der Waals surface area contributed by atoms with E-state index >= 15 is 0 Å². The van der Waals surface area contributed by atoms with E-state index in [1.165, 1.54) is 24.3 Å². The largest absolute Gasteiger partial charge is 0.354 e. The molecule has 0 spiro atoms. The average molecular weight is 533 g/mol. The molecule has 40 heavy (non-hydrogen) atoms. The monoisotopic (exact) mass is 532 g/mol. The van der Waals surface area contributed by atoms with E-state index in [1.54, 1.807) is 54.9 Å². The lowest BCUT2D eigenvalue weighted by molar-refractivity contribution is 0.102. The number of halogens is 1. The van der Waals surface area contributed by atoms with E-state index in [9.17, 15) is 14.0 Å². The van der Waals surface area contributed by atoms with Crippen LogP contribution < -0.4 is 15.5 Å². The van der Waals surface area contributed by atoms with Crippen LogP contribution in [0.2, 0.25) is 0 Å². The highest BCUT2D eigenvalue weighted by atomic mass is 19.1. The smallest absolute Gasteiger partial charge is 0.255 e. The van der Waals surface area contributed by atoms with E-state index in [-0.39, 0.29) is 11.3 Å². The summed E-state index contributed by atoms with van der Waals surface area (Å²) in [5, 5.41) is 6.05. The Morgan fingerprint density at radius 3 is 2.35 bits per heavy atom. The molecule has 1 aliphatic heterocycles. The Bertz CT molecular complexity index is 1700. The van der Waals surface area contributed by atoms with Crippen molar-refractivity contribution >= 4 is 34.2 Å². The SMILES string of the molecule is O=C(Nc1ccc(C(=O)c2ccc3ncc(-c4ccc(N5CCNCC5)nc4)nc3c2)cc1)c1cccc(F)c1. The maximum Gasteiger partial charge on any atom is 0.255 e. The third kappa shape index (κ3) is 5.41. The summed E-state index contributed by atoms with van der Waals surface area (Å²) in [4.78, 5) is 41.8. The number of hydrogen-bond acceptors (Lipinski definition) is 7. The van der Waals surface area contributed by atoms with Crippen molar-refractivity contribution in [2.45, 2.75) is 0 Å². The fourth-order valence-electron chi connectivity index (χ4n) is 4.61. The van der Waals surface area contributed by atoms with E-state index in [0.29, 0.717) is 33.5 Å². The predicted octanol–water partition coefficient (Wildman–Crippen LogP) is 4.72. The molecular formula is C31H25FN6O2. The van der Waals surface area contributed by atoms with Gasteiger partial charge >= 0.3 is 0 Å². The second-order valence-corrected chi connectivity index (χ2v) is 9.47. The average Bonchev–Trinajstić information content (AvgIpc) is 3.01. The zero-order chi connectivity index (χ0) is 27.5. The molecule has 6 rings (SSSR count). The second-order valence-electron chi connectivity index (χ2n) is 9.47. The Labute approximate surface area is 229 Å². The van der Waals surface area contributed by atoms with Crippen LogP contribution in [-0.2, 0) is 0 Å². The van der Waals surface area contributed by atoms with Gasteiger partial charge in [0.05, 0.1) is 22.9 Å². The summed E-state index contributed by atoms with van der Waals surface area (Å²) in [5.74, 6) is -0.164. The van der Waals surface area contributed by atoms with Crippen LogP contribution in [0.5, 0.6) is 0 Å². The van der Waals surface area contributed by atoms with Gasteiger partial charge in [-0.1, -0.05) is 6.07 Å². The van der Waals surface area contributed by atoms with Crippen molar-refractivity contribution in [1.29, 1.82) is 0 Å². The van der Waals surface area contributed by atoms with E-state index in [2.05, 4.69) is 25.5 Å². The fraction of sp³-hybridized carbons (Fsp3) is 0.129. The van der Waals surface area contributed by atoms with Crippen LogP contribution in [0.15, 0.2) is 91.3 Å². The van der Waals surface area contributed by atoms with Crippen LogP contribution in [0.3, 0.4) is 0 Å². The first-order chi connectivity index (χ1) is 19.5. The highest BCUT2D eigenvalue weighted by Gasteiger charge is 2.14.